The summed E-state index contributed by atoms with van der Waals surface area (Å²) in [6, 6.07) is 0. The monoisotopic (exact) mass is 475 g/mol. The van der Waals surface area contributed by atoms with Crippen molar-refractivity contribution in [2.24, 2.45) is 0 Å². The van der Waals surface area contributed by atoms with E-state index in [0.717, 1.165) is 51.6 Å². The number of carbonyl (C=O) groups excluding carboxylic acids is 2. The number of hydrogen-bond acceptors (Lipinski definition) is 8. The highest BCUT2D eigenvalue weighted by Gasteiger charge is 2.14. The molecule has 0 heterocycles. The highest BCUT2D eigenvalue weighted by atomic mass is 33.1. The molecule has 0 aliphatic rings. The number of likely N-dealkylation sites (N-methyl/N-ethyl adjacent to an activating group) is 1. The van der Waals surface area contributed by atoms with Gasteiger partial charge in [-0.2, -0.15) is 0 Å². The highest BCUT2D eigenvalue weighted by molar-refractivity contribution is 8.77. The summed E-state index contributed by atoms with van der Waals surface area (Å²) in [6.45, 7) is 8.96. The molecule has 0 saturated carbocycles. The minimum atomic E-state index is -0.275. The van der Waals surface area contributed by atoms with Crippen LogP contribution in [0.2, 0.25) is 0 Å². The van der Waals surface area contributed by atoms with E-state index in [4.69, 9.17) is 14.6 Å². The fraction of sp³-hybridized carbons (Fsp3) is 0.739. The van der Waals surface area contributed by atoms with Gasteiger partial charge in [0.15, 0.2) is 0 Å². The van der Waals surface area contributed by atoms with Crippen molar-refractivity contribution in [3.8, 4) is 0 Å². The summed E-state index contributed by atoms with van der Waals surface area (Å²) in [7, 11) is 2.64. The third-order valence-corrected chi connectivity index (χ3v) is 6.53. The lowest BCUT2D eigenvalue weighted by Crippen LogP contribution is -2.28. The summed E-state index contributed by atoms with van der Waals surface area (Å²) in [5.74, 6) is -0.0936. The lowest BCUT2D eigenvalue weighted by atomic mass is 10.1. The summed E-state index contributed by atoms with van der Waals surface area (Å²) < 4.78 is 10.8. The van der Waals surface area contributed by atoms with Crippen molar-refractivity contribution < 1.29 is 24.2 Å². The molecule has 0 radical (unpaired) electrons. The number of hydrogen-bond donors (Lipinski definition) is 1. The molecule has 0 aromatic carbocycles. The number of aliphatic hydroxyl groups excluding tert-OH is 1. The van der Waals surface area contributed by atoms with Crippen LogP contribution in [0.4, 0.5) is 0 Å². The fourth-order valence-corrected chi connectivity index (χ4v) is 4.34. The Morgan fingerprint density at radius 3 is 2.42 bits per heavy atom. The van der Waals surface area contributed by atoms with Gasteiger partial charge in [-0.15, -0.1) is 0 Å². The van der Waals surface area contributed by atoms with Crippen molar-refractivity contribution in [2.45, 2.75) is 65.4 Å². The quantitative estimate of drug-likeness (QED) is 0.118. The van der Waals surface area contributed by atoms with Gasteiger partial charge in [0.2, 0.25) is 0 Å². The second-order valence-corrected chi connectivity index (χ2v) is 9.52. The lowest BCUT2D eigenvalue weighted by Gasteiger charge is -2.18. The predicted molar refractivity (Wildman–Crippen MR) is 132 cm³/mol. The van der Waals surface area contributed by atoms with Gasteiger partial charge < -0.3 is 19.5 Å². The zero-order valence-electron chi connectivity index (χ0n) is 19.4. The smallest absolute Gasteiger partial charge is 0.317 e. The van der Waals surface area contributed by atoms with Gasteiger partial charge >= 0.3 is 11.9 Å². The molecule has 0 spiro atoms. The first-order valence-electron chi connectivity index (χ1n) is 11.3. The third kappa shape index (κ3) is 19.5. The van der Waals surface area contributed by atoms with Gasteiger partial charge in [-0.3, -0.25) is 9.59 Å². The number of nitrogens with zero attached hydrogens (tertiary/aromatic N) is 1. The molecular formula is C23H41NO5S2. The molecule has 0 fully saturated rings. The summed E-state index contributed by atoms with van der Waals surface area (Å²) in [6.07, 6.45) is 13.5. The van der Waals surface area contributed by atoms with Crippen LogP contribution < -0.4 is 0 Å². The molecule has 0 saturated heterocycles. The first-order chi connectivity index (χ1) is 15.1. The van der Waals surface area contributed by atoms with Gasteiger partial charge in [0, 0.05) is 19.5 Å². The second-order valence-electron chi connectivity index (χ2n) is 7.05. The van der Waals surface area contributed by atoms with Crippen molar-refractivity contribution in [3.05, 3.63) is 24.3 Å². The van der Waals surface area contributed by atoms with Crippen LogP contribution in [0, 0.1) is 0 Å². The number of rotatable bonds is 20. The van der Waals surface area contributed by atoms with Gasteiger partial charge in [-0.25, -0.2) is 0 Å². The van der Waals surface area contributed by atoms with E-state index in [9.17, 15) is 9.59 Å². The standard InChI is InChI=1S/C23H41NO5S2/c1-4-7-9-11-14-21(13-10-8-5-2)29-23(27)20-31-30-19-22(26)28-18-12-15-24(6-3)16-17-25/h4,7,9,11,21,25H,5-6,8,10,12-20H2,1-3H3/b7-4+,11-9+. The van der Waals surface area contributed by atoms with Gasteiger partial charge in [0.25, 0.3) is 0 Å². The maximum atomic E-state index is 12.1. The van der Waals surface area contributed by atoms with E-state index in [1.165, 1.54) is 21.6 Å². The summed E-state index contributed by atoms with van der Waals surface area (Å²) >= 11 is 0. The largest absolute Gasteiger partial charge is 0.465 e. The Labute approximate surface area is 196 Å². The van der Waals surface area contributed by atoms with E-state index in [0.29, 0.717) is 13.2 Å². The van der Waals surface area contributed by atoms with Gasteiger partial charge in [0.05, 0.1) is 13.2 Å². The second kappa shape index (κ2) is 22.2. The Balaban J connectivity index is 3.99. The van der Waals surface area contributed by atoms with Crippen LogP contribution in [0.5, 0.6) is 0 Å². The van der Waals surface area contributed by atoms with E-state index < -0.39 is 0 Å². The van der Waals surface area contributed by atoms with Crippen molar-refractivity contribution in [1.82, 2.24) is 4.90 Å². The number of aliphatic hydroxyl groups is 1. The van der Waals surface area contributed by atoms with Gasteiger partial charge in [-0.05, 0) is 32.7 Å². The Morgan fingerprint density at radius 1 is 1.03 bits per heavy atom. The normalized spacial score (nSPS) is 12.7. The number of ether oxygens (including phenoxy) is 2. The van der Waals surface area contributed by atoms with Crippen LogP contribution in [0.3, 0.4) is 0 Å². The Morgan fingerprint density at radius 2 is 1.77 bits per heavy atom. The maximum Gasteiger partial charge on any atom is 0.317 e. The van der Waals surface area contributed by atoms with Gasteiger partial charge in [0.1, 0.15) is 17.6 Å². The van der Waals surface area contributed by atoms with E-state index in [1.807, 2.05) is 38.2 Å². The molecule has 0 aliphatic heterocycles. The Bertz CT molecular complexity index is 514. The molecule has 0 bridgehead atoms. The molecule has 0 aromatic heterocycles. The zero-order valence-corrected chi connectivity index (χ0v) is 21.1. The topological polar surface area (TPSA) is 76.1 Å². The van der Waals surface area contributed by atoms with Crippen molar-refractivity contribution in [3.63, 3.8) is 0 Å². The summed E-state index contributed by atoms with van der Waals surface area (Å²) in [4.78, 5) is 26.0. The first kappa shape index (κ1) is 30.0. The molecule has 1 atom stereocenters. The molecule has 0 rings (SSSR count). The van der Waals surface area contributed by atoms with Gasteiger partial charge in [-0.1, -0.05) is 72.6 Å². The Kier molecular flexibility index (Phi) is 21.6. The average Bonchev–Trinajstić information content (AvgIpc) is 2.76. The molecule has 0 aliphatic carbocycles. The Hall–Kier alpha value is -0.960. The minimum absolute atomic E-state index is 0.0929. The lowest BCUT2D eigenvalue weighted by molar-refractivity contribution is -0.146. The molecular weight excluding hydrogens is 434 g/mol. The molecule has 0 aromatic rings. The van der Waals surface area contributed by atoms with E-state index >= 15 is 0 Å². The van der Waals surface area contributed by atoms with E-state index in [1.54, 1.807) is 0 Å². The fourth-order valence-electron chi connectivity index (χ4n) is 2.75. The van der Waals surface area contributed by atoms with Crippen molar-refractivity contribution in [1.29, 1.82) is 0 Å². The van der Waals surface area contributed by atoms with Crippen molar-refractivity contribution in [2.75, 3.05) is 44.4 Å². The van der Waals surface area contributed by atoms with Crippen LogP contribution >= 0.6 is 21.6 Å². The molecule has 31 heavy (non-hydrogen) atoms. The average molecular weight is 476 g/mol. The van der Waals surface area contributed by atoms with E-state index in [-0.39, 0.29) is 36.2 Å². The van der Waals surface area contributed by atoms with Crippen LogP contribution in [0.1, 0.15) is 59.3 Å². The van der Waals surface area contributed by atoms with Crippen LogP contribution in [0.15, 0.2) is 24.3 Å². The predicted octanol–water partition coefficient (Wildman–Crippen LogP) is 4.63. The number of carbonyl (C=O) groups is 2. The van der Waals surface area contributed by atoms with Crippen LogP contribution in [0.25, 0.3) is 0 Å². The maximum absolute atomic E-state index is 12.1. The highest BCUT2D eigenvalue weighted by Crippen LogP contribution is 2.22. The molecule has 8 heteroatoms. The zero-order chi connectivity index (χ0) is 23.2. The van der Waals surface area contributed by atoms with E-state index in [2.05, 4.69) is 11.8 Å². The minimum Gasteiger partial charge on any atom is -0.465 e. The SMILES string of the molecule is C/C=C/C=C/CC(CCCCC)OC(=O)CSSCC(=O)OCCCN(CC)CCO. The van der Waals surface area contributed by atoms with Crippen LogP contribution in [-0.2, 0) is 19.1 Å². The number of esters is 2. The molecule has 0 amide bonds. The number of allylic oxidation sites excluding steroid dienone is 3. The number of unbranched alkanes of at least 4 members (excludes halogenated alkanes) is 2. The first-order valence-corrected chi connectivity index (χ1v) is 13.8. The molecule has 1 N–H and O–H groups in total. The molecule has 180 valence electrons. The summed E-state index contributed by atoms with van der Waals surface area (Å²) in [5, 5.41) is 8.96. The summed E-state index contributed by atoms with van der Waals surface area (Å²) in [5.41, 5.74) is 0. The third-order valence-electron chi connectivity index (χ3n) is 4.45. The molecule has 1 unspecified atom stereocenters. The van der Waals surface area contributed by atoms with Crippen molar-refractivity contribution >= 4 is 33.5 Å². The molecule has 6 nitrogen and oxygen atoms in total. The van der Waals surface area contributed by atoms with Crippen LogP contribution in [-0.4, -0.2) is 72.4 Å².